The minimum absolute atomic E-state index is 0.00348. The molecule has 22 heavy (non-hydrogen) atoms. The molecular formula is C16H26N2O4. The Morgan fingerprint density at radius 1 is 1.09 bits per heavy atom. The molecule has 0 aromatic heterocycles. The van der Waals surface area contributed by atoms with Crippen molar-refractivity contribution in [3.63, 3.8) is 0 Å². The van der Waals surface area contributed by atoms with E-state index in [1.165, 1.54) is 6.92 Å². The second kappa shape index (κ2) is 6.26. The number of ether oxygens (including phenoxy) is 1. The lowest BCUT2D eigenvalue weighted by Gasteiger charge is -2.26. The van der Waals surface area contributed by atoms with Crippen LogP contribution in [0.25, 0.3) is 0 Å². The standard InChI is InChI=1S/C16H26N2O4/c1-11(19)13-6-5-8-18(13)14(20)12-7-9-17(10-12)15(21)22-16(2,3)4/h12-13H,5-10H2,1-4H3/t12-,13-/m1/s1. The lowest BCUT2D eigenvalue weighted by atomic mass is 10.1. The first kappa shape index (κ1) is 16.8. The van der Waals surface area contributed by atoms with Crippen LogP contribution in [0.2, 0.25) is 0 Å². The second-order valence-corrected chi connectivity index (χ2v) is 7.21. The molecule has 0 saturated carbocycles. The molecule has 0 unspecified atom stereocenters. The van der Waals surface area contributed by atoms with Crippen molar-refractivity contribution >= 4 is 17.8 Å². The number of hydrogen-bond acceptors (Lipinski definition) is 4. The summed E-state index contributed by atoms with van der Waals surface area (Å²) in [5.41, 5.74) is -0.534. The fourth-order valence-electron chi connectivity index (χ4n) is 3.14. The average molecular weight is 310 g/mol. The van der Waals surface area contributed by atoms with Crippen LogP contribution in [0.4, 0.5) is 4.79 Å². The number of likely N-dealkylation sites (tertiary alicyclic amines) is 2. The van der Waals surface area contributed by atoms with Gasteiger partial charge in [-0.2, -0.15) is 0 Å². The zero-order chi connectivity index (χ0) is 16.5. The number of Topliss-reactive ketones (excluding diaryl/α,β-unsaturated/α-hetero) is 1. The summed E-state index contributed by atoms with van der Waals surface area (Å²) in [7, 11) is 0. The number of rotatable bonds is 2. The molecule has 124 valence electrons. The topological polar surface area (TPSA) is 66.9 Å². The predicted molar refractivity (Wildman–Crippen MR) is 81.3 cm³/mol. The van der Waals surface area contributed by atoms with Gasteiger partial charge in [-0.05, 0) is 47.0 Å². The summed E-state index contributed by atoms with van der Waals surface area (Å²) >= 11 is 0. The van der Waals surface area contributed by atoms with E-state index in [4.69, 9.17) is 4.74 Å². The molecule has 6 heteroatoms. The van der Waals surface area contributed by atoms with E-state index in [0.29, 0.717) is 26.1 Å². The molecule has 0 spiro atoms. The number of carbonyl (C=O) groups is 3. The Morgan fingerprint density at radius 2 is 1.77 bits per heavy atom. The molecule has 0 N–H and O–H groups in total. The van der Waals surface area contributed by atoms with Crippen molar-refractivity contribution in [2.24, 2.45) is 5.92 Å². The summed E-state index contributed by atoms with van der Waals surface area (Å²) in [4.78, 5) is 39.6. The van der Waals surface area contributed by atoms with Gasteiger partial charge in [0.25, 0.3) is 0 Å². The fourth-order valence-corrected chi connectivity index (χ4v) is 3.14. The molecular weight excluding hydrogens is 284 g/mol. The Balaban J connectivity index is 1.94. The Bertz CT molecular complexity index is 469. The SMILES string of the molecule is CC(=O)[C@H]1CCCN1C(=O)[C@@H]1CCN(C(=O)OC(C)(C)C)C1. The zero-order valence-electron chi connectivity index (χ0n) is 13.9. The normalized spacial score (nSPS) is 25.5. The van der Waals surface area contributed by atoms with E-state index >= 15 is 0 Å². The molecule has 6 nitrogen and oxygen atoms in total. The van der Waals surface area contributed by atoms with Gasteiger partial charge in [-0.25, -0.2) is 4.79 Å². The number of nitrogens with zero attached hydrogens (tertiary/aromatic N) is 2. The predicted octanol–water partition coefficient (Wildman–Crippen LogP) is 1.82. The highest BCUT2D eigenvalue weighted by Crippen LogP contribution is 2.26. The summed E-state index contributed by atoms with van der Waals surface area (Å²) < 4.78 is 5.34. The van der Waals surface area contributed by atoms with E-state index < -0.39 is 5.60 Å². The van der Waals surface area contributed by atoms with Crippen LogP contribution in [0.15, 0.2) is 0 Å². The molecule has 0 radical (unpaired) electrons. The first-order valence-electron chi connectivity index (χ1n) is 7.98. The van der Waals surface area contributed by atoms with E-state index in [0.717, 1.165) is 12.8 Å². The molecule has 2 rings (SSSR count). The molecule has 2 aliphatic heterocycles. The van der Waals surface area contributed by atoms with Crippen molar-refractivity contribution in [2.75, 3.05) is 19.6 Å². The van der Waals surface area contributed by atoms with Crippen molar-refractivity contribution < 1.29 is 19.1 Å². The van der Waals surface area contributed by atoms with Crippen LogP contribution in [0.3, 0.4) is 0 Å². The molecule has 0 aromatic rings. The third kappa shape index (κ3) is 3.78. The van der Waals surface area contributed by atoms with Crippen molar-refractivity contribution in [3.8, 4) is 0 Å². The van der Waals surface area contributed by atoms with Crippen LogP contribution in [0.1, 0.15) is 47.0 Å². The van der Waals surface area contributed by atoms with E-state index in [1.54, 1.807) is 9.80 Å². The smallest absolute Gasteiger partial charge is 0.410 e. The van der Waals surface area contributed by atoms with Gasteiger partial charge in [0.1, 0.15) is 5.60 Å². The van der Waals surface area contributed by atoms with Crippen LogP contribution >= 0.6 is 0 Å². The minimum atomic E-state index is -0.534. The summed E-state index contributed by atoms with van der Waals surface area (Å²) in [6.07, 6.45) is 1.90. The highest BCUT2D eigenvalue weighted by Gasteiger charge is 2.39. The maximum absolute atomic E-state index is 12.6. The average Bonchev–Trinajstić information content (AvgIpc) is 3.05. The number of ketones is 1. The summed E-state index contributed by atoms with van der Waals surface area (Å²) in [5, 5.41) is 0. The first-order chi connectivity index (χ1) is 10.2. The van der Waals surface area contributed by atoms with Gasteiger partial charge < -0.3 is 14.5 Å². The summed E-state index contributed by atoms with van der Waals surface area (Å²) in [6.45, 7) is 8.57. The van der Waals surface area contributed by atoms with E-state index in [9.17, 15) is 14.4 Å². The lowest BCUT2D eigenvalue weighted by molar-refractivity contribution is -0.140. The van der Waals surface area contributed by atoms with Crippen molar-refractivity contribution in [3.05, 3.63) is 0 Å². The quantitative estimate of drug-likeness (QED) is 0.780. The van der Waals surface area contributed by atoms with Crippen molar-refractivity contribution in [1.82, 2.24) is 9.80 Å². The maximum Gasteiger partial charge on any atom is 0.410 e. The monoisotopic (exact) mass is 310 g/mol. The molecule has 2 aliphatic rings. The van der Waals surface area contributed by atoms with Crippen molar-refractivity contribution in [2.45, 2.75) is 58.6 Å². The van der Waals surface area contributed by atoms with Crippen LogP contribution < -0.4 is 0 Å². The lowest BCUT2D eigenvalue weighted by Crippen LogP contribution is -2.44. The minimum Gasteiger partial charge on any atom is -0.444 e. The van der Waals surface area contributed by atoms with E-state index in [-0.39, 0.29) is 29.7 Å². The Morgan fingerprint density at radius 3 is 2.36 bits per heavy atom. The van der Waals surface area contributed by atoms with Gasteiger partial charge in [0.15, 0.2) is 5.78 Å². The third-order valence-corrected chi connectivity index (χ3v) is 4.19. The molecule has 2 amide bonds. The molecule has 2 heterocycles. The highest BCUT2D eigenvalue weighted by atomic mass is 16.6. The Kier molecular flexibility index (Phi) is 4.78. The first-order valence-corrected chi connectivity index (χ1v) is 7.98. The molecule has 2 saturated heterocycles. The van der Waals surface area contributed by atoms with Crippen molar-refractivity contribution in [1.29, 1.82) is 0 Å². The molecule has 0 bridgehead atoms. The molecule has 2 atom stereocenters. The van der Waals surface area contributed by atoms with Crippen LogP contribution in [0.5, 0.6) is 0 Å². The van der Waals surface area contributed by atoms with Gasteiger partial charge in [-0.1, -0.05) is 0 Å². The van der Waals surface area contributed by atoms with Gasteiger partial charge >= 0.3 is 6.09 Å². The van der Waals surface area contributed by atoms with Gasteiger partial charge in [-0.3, -0.25) is 9.59 Å². The molecule has 0 aliphatic carbocycles. The zero-order valence-corrected chi connectivity index (χ0v) is 13.9. The van der Waals surface area contributed by atoms with Gasteiger partial charge in [0, 0.05) is 19.6 Å². The molecule has 0 aromatic carbocycles. The van der Waals surface area contributed by atoms with Gasteiger partial charge in [0.2, 0.25) is 5.91 Å². The van der Waals surface area contributed by atoms with Crippen LogP contribution in [-0.2, 0) is 14.3 Å². The highest BCUT2D eigenvalue weighted by molar-refractivity contribution is 5.89. The number of hydrogen-bond donors (Lipinski definition) is 0. The fraction of sp³-hybridized carbons (Fsp3) is 0.812. The Labute approximate surface area is 131 Å². The Hall–Kier alpha value is -1.59. The van der Waals surface area contributed by atoms with E-state index in [2.05, 4.69) is 0 Å². The van der Waals surface area contributed by atoms with Crippen LogP contribution in [-0.4, -0.2) is 58.9 Å². The maximum atomic E-state index is 12.6. The number of carbonyl (C=O) groups excluding carboxylic acids is 3. The van der Waals surface area contributed by atoms with E-state index in [1.807, 2.05) is 20.8 Å². The third-order valence-electron chi connectivity index (χ3n) is 4.19. The second-order valence-electron chi connectivity index (χ2n) is 7.21. The summed E-state index contributed by atoms with van der Waals surface area (Å²) in [5.74, 6) is -0.163. The largest absolute Gasteiger partial charge is 0.444 e. The van der Waals surface area contributed by atoms with Crippen LogP contribution in [0, 0.1) is 5.92 Å². The molecule has 2 fully saturated rings. The van der Waals surface area contributed by atoms with Gasteiger partial charge in [-0.15, -0.1) is 0 Å². The van der Waals surface area contributed by atoms with Gasteiger partial charge in [0.05, 0.1) is 12.0 Å². The number of amides is 2. The summed E-state index contributed by atoms with van der Waals surface area (Å²) in [6, 6.07) is -0.275.